The van der Waals surface area contributed by atoms with E-state index in [0.29, 0.717) is 12.0 Å². The monoisotopic (exact) mass is 534 g/mol. The van der Waals surface area contributed by atoms with Crippen LogP contribution in [0.2, 0.25) is 0 Å². The van der Waals surface area contributed by atoms with Gasteiger partial charge in [0, 0.05) is 13.1 Å². The molecular weight excluding hydrogens is 492 g/mol. The number of ether oxygens (including phenoxy) is 2. The first-order valence-electron chi connectivity index (χ1n) is 12.9. The van der Waals surface area contributed by atoms with Crippen molar-refractivity contribution in [3.8, 4) is 0 Å². The SMILES string of the molecule is CCCCN(C(=O)C(CC(N)=O)NC(=O)OC(C)(C)C)C(C(=O)NCCC(=O)OCC)c1ccc(C)cc1. The van der Waals surface area contributed by atoms with Crippen LogP contribution in [0.1, 0.15) is 77.5 Å². The summed E-state index contributed by atoms with van der Waals surface area (Å²) < 4.78 is 10.2. The number of primary amides is 1. The number of amides is 4. The Balaban J connectivity index is 3.38. The summed E-state index contributed by atoms with van der Waals surface area (Å²) in [7, 11) is 0. The molecule has 38 heavy (non-hydrogen) atoms. The van der Waals surface area contributed by atoms with Crippen molar-refractivity contribution in [2.24, 2.45) is 5.73 Å². The van der Waals surface area contributed by atoms with Crippen LogP contribution in [-0.2, 0) is 28.7 Å². The number of benzene rings is 1. The zero-order valence-electron chi connectivity index (χ0n) is 23.3. The Kier molecular flexibility index (Phi) is 13.3. The van der Waals surface area contributed by atoms with Gasteiger partial charge in [-0.25, -0.2) is 4.79 Å². The molecule has 0 aliphatic rings. The highest BCUT2D eigenvalue weighted by molar-refractivity contribution is 5.94. The van der Waals surface area contributed by atoms with E-state index in [9.17, 15) is 24.0 Å². The van der Waals surface area contributed by atoms with Crippen LogP contribution >= 0.6 is 0 Å². The summed E-state index contributed by atoms with van der Waals surface area (Å²) in [5, 5.41) is 5.15. The molecule has 1 rings (SSSR count). The number of carbonyl (C=O) groups is 5. The summed E-state index contributed by atoms with van der Waals surface area (Å²) in [4.78, 5) is 64.7. The molecule has 1 aromatic rings. The lowest BCUT2D eigenvalue weighted by Crippen LogP contribution is -2.54. The van der Waals surface area contributed by atoms with Gasteiger partial charge in [-0.2, -0.15) is 0 Å². The van der Waals surface area contributed by atoms with E-state index in [1.165, 1.54) is 4.90 Å². The third-order valence-electron chi connectivity index (χ3n) is 5.32. The molecule has 4 amide bonds. The van der Waals surface area contributed by atoms with Gasteiger partial charge in [0.25, 0.3) is 0 Å². The molecule has 0 bridgehead atoms. The maximum Gasteiger partial charge on any atom is 0.408 e. The number of unbranched alkanes of at least 4 members (excludes halogenated alkanes) is 1. The Hall–Kier alpha value is -3.63. The predicted octanol–water partition coefficient (Wildman–Crippen LogP) is 2.50. The number of nitrogens with one attached hydrogen (secondary N) is 2. The standard InChI is InChI=1S/C27H42N4O7/c1-7-9-16-31(25(35)20(17-21(28)32)30-26(36)38-27(4,5)6)23(19-12-10-18(3)11-13-19)24(34)29-15-14-22(33)37-8-2/h10-13,20,23H,7-9,14-17H2,1-6H3,(H2,28,32)(H,29,34)(H,30,36). The molecule has 0 aliphatic carbocycles. The first kappa shape index (κ1) is 32.4. The summed E-state index contributed by atoms with van der Waals surface area (Å²) >= 11 is 0. The third-order valence-corrected chi connectivity index (χ3v) is 5.32. The number of aryl methyl sites for hydroxylation is 1. The van der Waals surface area contributed by atoms with E-state index >= 15 is 0 Å². The lowest BCUT2D eigenvalue weighted by molar-refractivity contribution is -0.144. The molecule has 0 fully saturated rings. The Bertz CT molecular complexity index is 957. The third kappa shape index (κ3) is 11.6. The Morgan fingerprint density at radius 2 is 1.68 bits per heavy atom. The van der Waals surface area contributed by atoms with Crippen LogP contribution in [0.15, 0.2) is 24.3 Å². The van der Waals surface area contributed by atoms with E-state index in [1.807, 2.05) is 26.0 Å². The largest absolute Gasteiger partial charge is 0.466 e. The van der Waals surface area contributed by atoms with Crippen LogP contribution in [-0.4, -0.2) is 66.0 Å². The van der Waals surface area contributed by atoms with Crippen LogP contribution in [0.4, 0.5) is 4.79 Å². The van der Waals surface area contributed by atoms with Gasteiger partial charge in [-0.15, -0.1) is 0 Å². The van der Waals surface area contributed by atoms with Gasteiger partial charge in [-0.05, 0) is 46.6 Å². The van der Waals surface area contributed by atoms with E-state index in [4.69, 9.17) is 15.2 Å². The summed E-state index contributed by atoms with van der Waals surface area (Å²) in [6, 6.07) is 4.67. The highest BCUT2D eigenvalue weighted by Crippen LogP contribution is 2.24. The van der Waals surface area contributed by atoms with Crippen molar-refractivity contribution < 1.29 is 33.4 Å². The molecule has 11 nitrogen and oxygen atoms in total. The predicted molar refractivity (Wildman–Crippen MR) is 142 cm³/mol. The van der Waals surface area contributed by atoms with Crippen molar-refractivity contribution in [2.75, 3.05) is 19.7 Å². The van der Waals surface area contributed by atoms with Crippen LogP contribution < -0.4 is 16.4 Å². The van der Waals surface area contributed by atoms with E-state index in [1.54, 1.807) is 39.8 Å². The first-order chi connectivity index (χ1) is 17.8. The minimum atomic E-state index is -1.35. The number of hydrogen-bond acceptors (Lipinski definition) is 7. The van der Waals surface area contributed by atoms with Gasteiger partial charge in [-0.1, -0.05) is 43.2 Å². The average Bonchev–Trinajstić information content (AvgIpc) is 2.80. The van der Waals surface area contributed by atoms with Gasteiger partial charge in [0.2, 0.25) is 17.7 Å². The zero-order valence-corrected chi connectivity index (χ0v) is 23.3. The second-order valence-electron chi connectivity index (χ2n) is 9.91. The quantitative estimate of drug-likeness (QED) is 0.309. The fourth-order valence-corrected chi connectivity index (χ4v) is 3.59. The molecule has 212 valence electrons. The maximum atomic E-state index is 13.8. The Morgan fingerprint density at radius 1 is 1.05 bits per heavy atom. The van der Waals surface area contributed by atoms with Crippen molar-refractivity contribution >= 4 is 29.8 Å². The molecule has 0 aliphatic heterocycles. The summed E-state index contributed by atoms with van der Waals surface area (Å²) in [5.41, 5.74) is 6.04. The van der Waals surface area contributed by atoms with Crippen molar-refractivity contribution in [3.05, 3.63) is 35.4 Å². The molecule has 11 heteroatoms. The number of nitrogens with zero attached hydrogens (tertiary/aromatic N) is 1. The van der Waals surface area contributed by atoms with Crippen LogP contribution in [0.5, 0.6) is 0 Å². The lowest BCUT2D eigenvalue weighted by Gasteiger charge is -2.34. The fourth-order valence-electron chi connectivity index (χ4n) is 3.59. The number of alkyl carbamates (subject to hydrolysis) is 1. The number of hydrogen-bond donors (Lipinski definition) is 3. The van der Waals surface area contributed by atoms with E-state index < -0.39 is 53.9 Å². The molecule has 0 saturated carbocycles. The van der Waals surface area contributed by atoms with Crippen molar-refractivity contribution in [1.82, 2.24) is 15.5 Å². The van der Waals surface area contributed by atoms with Crippen LogP contribution in [0.25, 0.3) is 0 Å². The highest BCUT2D eigenvalue weighted by Gasteiger charge is 2.36. The smallest absolute Gasteiger partial charge is 0.408 e. The minimum Gasteiger partial charge on any atom is -0.466 e. The maximum absolute atomic E-state index is 13.8. The molecule has 0 heterocycles. The lowest BCUT2D eigenvalue weighted by atomic mass is 10.0. The van der Waals surface area contributed by atoms with Gasteiger partial charge in [-0.3, -0.25) is 19.2 Å². The topological polar surface area (TPSA) is 157 Å². The zero-order chi connectivity index (χ0) is 28.9. The van der Waals surface area contributed by atoms with Gasteiger partial charge in [0.15, 0.2) is 0 Å². The number of carbonyl (C=O) groups excluding carboxylic acids is 5. The molecule has 0 spiro atoms. The van der Waals surface area contributed by atoms with Crippen LogP contribution in [0.3, 0.4) is 0 Å². The molecule has 0 aromatic heterocycles. The van der Waals surface area contributed by atoms with Gasteiger partial charge in [0.05, 0.1) is 19.4 Å². The van der Waals surface area contributed by atoms with Crippen molar-refractivity contribution in [1.29, 1.82) is 0 Å². The second kappa shape index (κ2) is 15.6. The normalized spacial score (nSPS) is 12.6. The molecule has 0 radical (unpaired) electrons. The molecule has 1 aromatic carbocycles. The summed E-state index contributed by atoms with van der Waals surface area (Å²) in [5.74, 6) is -2.44. The van der Waals surface area contributed by atoms with Crippen molar-refractivity contribution in [3.63, 3.8) is 0 Å². The van der Waals surface area contributed by atoms with Gasteiger partial charge < -0.3 is 30.7 Å². The minimum absolute atomic E-state index is 0.0106. The second-order valence-corrected chi connectivity index (χ2v) is 9.91. The van der Waals surface area contributed by atoms with E-state index in [0.717, 1.165) is 12.0 Å². The fraction of sp³-hybridized carbons (Fsp3) is 0.593. The van der Waals surface area contributed by atoms with Crippen molar-refractivity contribution in [2.45, 2.75) is 84.9 Å². The molecular formula is C27H42N4O7. The summed E-state index contributed by atoms with van der Waals surface area (Å²) in [6.45, 7) is 10.9. The molecule has 2 unspecified atom stereocenters. The highest BCUT2D eigenvalue weighted by atomic mass is 16.6. The molecule has 0 saturated heterocycles. The van der Waals surface area contributed by atoms with E-state index in [-0.39, 0.29) is 26.1 Å². The number of esters is 1. The molecule has 2 atom stereocenters. The first-order valence-corrected chi connectivity index (χ1v) is 12.9. The van der Waals surface area contributed by atoms with Crippen LogP contribution in [0, 0.1) is 6.92 Å². The van der Waals surface area contributed by atoms with E-state index in [2.05, 4.69) is 10.6 Å². The molecule has 4 N–H and O–H groups in total. The van der Waals surface area contributed by atoms with Gasteiger partial charge >= 0.3 is 12.1 Å². The summed E-state index contributed by atoms with van der Waals surface area (Å²) in [6.07, 6.45) is -0.132. The number of nitrogens with two attached hydrogens (primary N) is 1. The van der Waals surface area contributed by atoms with Gasteiger partial charge in [0.1, 0.15) is 17.7 Å². The average molecular weight is 535 g/mol. The Morgan fingerprint density at radius 3 is 2.21 bits per heavy atom. The number of rotatable bonds is 14. The Labute approximate surface area is 224 Å².